The van der Waals surface area contributed by atoms with Crippen molar-refractivity contribution in [3.63, 3.8) is 0 Å². The number of Topliss-reactive ketones (excluding diaryl/α,β-unsaturated/α-hetero) is 1. The lowest BCUT2D eigenvalue weighted by atomic mass is 9.95. The molecule has 6 rings (SSSR count). The van der Waals surface area contributed by atoms with Gasteiger partial charge in [0.15, 0.2) is 27.4 Å². The summed E-state index contributed by atoms with van der Waals surface area (Å²) in [5.74, 6) is -1.31. The molecule has 1 amide bonds. The Hall–Kier alpha value is -4.68. The maximum Gasteiger partial charge on any atom is 0.296 e. The molecule has 3 heterocycles. The van der Waals surface area contributed by atoms with E-state index in [4.69, 9.17) is 13.9 Å². The van der Waals surface area contributed by atoms with Crippen molar-refractivity contribution < 1.29 is 33.0 Å². The average Bonchev–Trinajstić information content (AvgIpc) is 3.79. The number of furan rings is 1. The summed E-state index contributed by atoms with van der Waals surface area (Å²) in [6.45, 7) is 2.62. The Bertz CT molecular complexity index is 1900. The number of nitrogens with zero attached hydrogens (tertiary/aromatic N) is 3. The highest BCUT2D eigenvalue weighted by Crippen LogP contribution is 2.46. The van der Waals surface area contributed by atoms with Crippen LogP contribution < -0.4 is 14.4 Å². The number of thioether (sulfide) groups is 1. The van der Waals surface area contributed by atoms with Gasteiger partial charge in [0, 0.05) is 11.1 Å². The van der Waals surface area contributed by atoms with Gasteiger partial charge in [-0.15, -0.1) is 10.2 Å². The molecule has 5 aromatic rings. The summed E-state index contributed by atoms with van der Waals surface area (Å²) in [5, 5.41) is 20.6. The standard InChI is InChI=1S/C34H30FN3O6S2/c1-3-4-9-16-43-25-15-14-21(18-26(25)42-2)29-28(30(39)27-17-20-10-6-8-13-24(20)44-27)31(40)32(41)38(29)33-36-37-34(46-33)45-19-22-11-5-7-12-23(22)35/h5-8,10-15,17-18,29,40H,3-4,9,16,19H2,1-2H3. The number of aliphatic hydroxyl groups excluding tert-OH is 1. The summed E-state index contributed by atoms with van der Waals surface area (Å²) >= 11 is 2.36. The number of amides is 1. The van der Waals surface area contributed by atoms with Crippen LogP contribution in [0.15, 0.2) is 92.9 Å². The summed E-state index contributed by atoms with van der Waals surface area (Å²) in [6.07, 6.45) is 2.96. The molecule has 1 atom stereocenters. The van der Waals surface area contributed by atoms with Crippen LogP contribution in [0, 0.1) is 5.82 Å². The smallest absolute Gasteiger partial charge is 0.296 e. The highest BCUT2D eigenvalue weighted by atomic mass is 32.2. The maximum atomic E-state index is 14.2. The third kappa shape index (κ3) is 6.22. The summed E-state index contributed by atoms with van der Waals surface area (Å²) in [4.78, 5) is 29.0. The van der Waals surface area contributed by atoms with Crippen LogP contribution >= 0.6 is 23.1 Å². The number of hydrogen-bond donors (Lipinski definition) is 1. The van der Waals surface area contributed by atoms with Gasteiger partial charge in [-0.05, 0) is 47.9 Å². The van der Waals surface area contributed by atoms with Crippen LogP contribution in [0.2, 0.25) is 0 Å². The average molecular weight is 660 g/mol. The molecule has 0 bridgehead atoms. The molecular formula is C34H30FN3O6S2. The van der Waals surface area contributed by atoms with E-state index >= 15 is 0 Å². The number of ketones is 1. The third-order valence-electron chi connectivity index (χ3n) is 7.52. The van der Waals surface area contributed by atoms with E-state index in [0.29, 0.717) is 50.3 Å². The Morgan fingerprint density at radius 3 is 2.65 bits per heavy atom. The summed E-state index contributed by atoms with van der Waals surface area (Å²) in [5.41, 5.74) is 1.31. The quantitative estimate of drug-likeness (QED) is 0.0580. The number of unbranched alkanes of at least 4 members (excludes halogenated alkanes) is 2. The zero-order chi connectivity index (χ0) is 32.2. The fourth-order valence-corrected chi connectivity index (χ4v) is 7.05. The highest BCUT2D eigenvalue weighted by molar-refractivity contribution is 8.00. The fourth-order valence-electron chi connectivity index (χ4n) is 5.20. The third-order valence-corrected chi connectivity index (χ3v) is 9.63. The van der Waals surface area contributed by atoms with Crippen molar-refractivity contribution in [2.75, 3.05) is 18.6 Å². The minimum absolute atomic E-state index is 0.0244. The Labute approximate surface area is 272 Å². The van der Waals surface area contributed by atoms with Gasteiger partial charge in [-0.25, -0.2) is 4.39 Å². The molecule has 236 valence electrons. The number of carbonyl (C=O) groups excluding carboxylic acids is 2. The number of para-hydroxylation sites is 1. The minimum atomic E-state index is -1.09. The first kappa shape index (κ1) is 31.3. The molecule has 0 saturated heterocycles. The van der Waals surface area contributed by atoms with Gasteiger partial charge in [0.25, 0.3) is 5.91 Å². The number of ether oxygens (including phenoxy) is 2. The molecule has 46 heavy (non-hydrogen) atoms. The first-order valence-electron chi connectivity index (χ1n) is 14.7. The maximum absolute atomic E-state index is 14.2. The molecule has 0 radical (unpaired) electrons. The van der Waals surface area contributed by atoms with E-state index < -0.39 is 23.5 Å². The molecule has 0 aliphatic carbocycles. The van der Waals surface area contributed by atoms with Crippen molar-refractivity contribution in [2.45, 2.75) is 42.3 Å². The van der Waals surface area contributed by atoms with E-state index in [2.05, 4.69) is 17.1 Å². The molecule has 12 heteroatoms. The Balaban J connectivity index is 1.37. The van der Waals surface area contributed by atoms with Gasteiger partial charge in [-0.1, -0.05) is 85.3 Å². The molecule has 0 saturated carbocycles. The number of aliphatic hydroxyl groups is 1. The molecule has 3 aromatic carbocycles. The Kier molecular flexibility index (Phi) is 9.36. The SMILES string of the molecule is CCCCCOc1ccc(C2C(C(=O)c3cc4ccccc4o3)=C(O)C(=O)N2c2nnc(SCc3ccccc3F)s2)cc1OC. The van der Waals surface area contributed by atoms with Gasteiger partial charge in [0.2, 0.25) is 10.9 Å². The number of methoxy groups -OCH3 is 1. The van der Waals surface area contributed by atoms with E-state index in [1.165, 1.54) is 29.8 Å². The highest BCUT2D eigenvalue weighted by Gasteiger charge is 2.47. The zero-order valence-corrected chi connectivity index (χ0v) is 26.7. The molecule has 1 unspecified atom stereocenters. The molecule has 1 N–H and O–H groups in total. The number of aromatic nitrogens is 2. The summed E-state index contributed by atoms with van der Waals surface area (Å²) < 4.78 is 32.1. The minimum Gasteiger partial charge on any atom is -0.503 e. The number of benzene rings is 3. The number of hydrogen-bond acceptors (Lipinski definition) is 10. The number of halogens is 1. The van der Waals surface area contributed by atoms with E-state index in [9.17, 15) is 19.1 Å². The van der Waals surface area contributed by atoms with Crippen molar-refractivity contribution in [3.05, 3.63) is 107 Å². The fraction of sp³-hybridized carbons (Fsp3) is 0.235. The van der Waals surface area contributed by atoms with Gasteiger partial charge in [-0.2, -0.15) is 0 Å². The van der Waals surface area contributed by atoms with Gasteiger partial charge < -0.3 is 19.0 Å². The van der Waals surface area contributed by atoms with Crippen LogP contribution in [0.3, 0.4) is 0 Å². The first-order chi connectivity index (χ1) is 22.4. The van der Waals surface area contributed by atoms with Crippen LogP contribution in [0.25, 0.3) is 11.0 Å². The van der Waals surface area contributed by atoms with Gasteiger partial charge in [0.1, 0.15) is 11.4 Å². The summed E-state index contributed by atoms with van der Waals surface area (Å²) in [6, 6.07) is 19.2. The lowest BCUT2D eigenvalue weighted by Crippen LogP contribution is -2.31. The molecule has 2 aromatic heterocycles. The lowest BCUT2D eigenvalue weighted by molar-refractivity contribution is -0.117. The second kappa shape index (κ2) is 13.8. The van der Waals surface area contributed by atoms with Gasteiger partial charge >= 0.3 is 0 Å². The van der Waals surface area contributed by atoms with Crippen LogP contribution in [0.1, 0.15) is 53.9 Å². The van der Waals surface area contributed by atoms with Crippen LogP contribution in [0.4, 0.5) is 9.52 Å². The number of fused-ring (bicyclic) bond motifs is 1. The van der Waals surface area contributed by atoms with Crippen molar-refractivity contribution >= 4 is 50.9 Å². The van der Waals surface area contributed by atoms with E-state index in [1.54, 1.807) is 60.7 Å². The van der Waals surface area contributed by atoms with Crippen molar-refractivity contribution in [1.29, 1.82) is 0 Å². The van der Waals surface area contributed by atoms with E-state index in [-0.39, 0.29) is 22.3 Å². The molecule has 1 aliphatic rings. The normalized spacial score (nSPS) is 14.8. The second-order valence-electron chi connectivity index (χ2n) is 10.5. The van der Waals surface area contributed by atoms with Crippen molar-refractivity contribution in [1.82, 2.24) is 10.2 Å². The Morgan fingerprint density at radius 2 is 1.87 bits per heavy atom. The van der Waals surface area contributed by atoms with Gasteiger partial charge in [-0.3, -0.25) is 14.5 Å². The number of carbonyl (C=O) groups is 2. The lowest BCUT2D eigenvalue weighted by Gasteiger charge is -2.24. The van der Waals surface area contributed by atoms with Gasteiger partial charge in [0.05, 0.1) is 25.3 Å². The van der Waals surface area contributed by atoms with E-state index in [0.717, 1.165) is 30.6 Å². The summed E-state index contributed by atoms with van der Waals surface area (Å²) in [7, 11) is 1.51. The van der Waals surface area contributed by atoms with Crippen LogP contribution in [-0.2, 0) is 10.5 Å². The Morgan fingerprint density at radius 1 is 1.07 bits per heavy atom. The predicted octanol–water partition coefficient (Wildman–Crippen LogP) is 8.08. The predicted molar refractivity (Wildman–Crippen MR) is 174 cm³/mol. The molecule has 9 nitrogen and oxygen atoms in total. The molecule has 0 spiro atoms. The van der Waals surface area contributed by atoms with Crippen molar-refractivity contribution in [3.8, 4) is 11.5 Å². The van der Waals surface area contributed by atoms with E-state index in [1.807, 2.05) is 6.07 Å². The molecular weight excluding hydrogens is 630 g/mol. The molecule has 1 aliphatic heterocycles. The number of rotatable bonds is 13. The van der Waals surface area contributed by atoms with Crippen LogP contribution in [0.5, 0.6) is 11.5 Å². The van der Waals surface area contributed by atoms with Crippen LogP contribution in [-0.4, -0.2) is 40.7 Å². The topological polar surface area (TPSA) is 115 Å². The first-order valence-corrected chi connectivity index (χ1v) is 16.5. The molecule has 0 fully saturated rings. The second-order valence-corrected chi connectivity index (χ2v) is 12.7. The number of anilines is 1. The van der Waals surface area contributed by atoms with Crippen molar-refractivity contribution in [2.24, 2.45) is 0 Å². The monoisotopic (exact) mass is 659 g/mol. The zero-order valence-electron chi connectivity index (χ0n) is 25.1. The largest absolute Gasteiger partial charge is 0.503 e.